The number of rotatable bonds is 8. The second kappa shape index (κ2) is 10.5. The van der Waals surface area contributed by atoms with Gasteiger partial charge in [0.2, 0.25) is 0 Å². The molecule has 4 rings (SSSR count). The van der Waals surface area contributed by atoms with Crippen molar-refractivity contribution >= 4 is 23.1 Å². The predicted molar refractivity (Wildman–Crippen MR) is 137 cm³/mol. The average molecular weight is 488 g/mol. The molecular weight excluding hydrogens is 462 g/mol. The Morgan fingerprint density at radius 3 is 2.57 bits per heavy atom. The fraction of sp³-hybridized carbons (Fsp3) is 0.192. The number of aromatic nitrogens is 3. The van der Waals surface area contributed by atoms with Gasteiger partial charge in [-0.15, -0.1) is 11.8 Å². The Hall–Kier alpha value is -4.00. The highest BCUT2D eigenvalue weighted by Crippen LogP contribution is 2.29. The highest BCUT2D eigenvalue weighted by atomic mass is 32.2. The van der Waals surface area contributed by atoms with E-state index in [4.69, 9.17) is 4.74 Å². The molecule has 2 N–H and O–H groups in total. The third-order valence-electron chi connectivity index (χ3n) is 5.63. The Labute approximate surface area is 207 Å². The minimum atomic E-state index is -0.631. The number of nitrogens with zero attached hydrogens (tertiary/aromatic N) is 4. The second-order valence-electron chi connectivity index (χ2n) is 7.87. The molecular formula is C26H25N5O3S. The van der Waals surface area contributed by atoms with Gasteiger partial charge in [-0.3, -0.25) is 4.79 Å². The van der Waals surface area contributed by atoms with Gasteiger partial charge in [0.25, 0.3) is 5.56 Å². The van der Waals surface area contributed by atoms with Crippen LogP contribution in [0.15, 0.2) is 76.9 Å². The van der Waals surface area contributed by atoms with Crippen LogP contribution in [-0.2, 0) is 0 Å². The van der Waals surface area contributed by atoms with Crippen molar-refractivity contribution in [3.63, 3.8) is 0 Å². The first-order chi connectivity index (χ1) is 17.0. The van der Waals surface area contributed by atoms with E-state index in [1.807, 2.05) is 60.3 Å². The summed E-state index contributed by atoms with van der Waals surface area (Å²) in [5.41, 5.74) is 3.23. The number of hydrogen-bond donors (Lipinski definition) is 2. The van der Waals surface area contributed by atoms with Crippen LogP contribution < -0.4 is 15.6 Å². The molecule has 8 nitrogen and oxygen atoms in total. The molecule has 0 aliphatic carbocycles. The number of methoxy groups -OCH3 is 1. The molecule has 0 aliphatic rings. The summed E-state index contributed by atoms with van der Waals surface area (Å²) in [5, 5.41) is 22.9. The van der Waals surface area contributed by atoms with Gasteiger partial charge in [-0.1, -0.05) is 12.1 Å². The summed E-state index contributed by atoms with van der Waals surface area (Å²) in [4.78, 5) is 18.7. The van der Waals surface area contributed by atoms with E-state index in [2.05, 4.69) is 16.4 Å². The molecule has 2 heterocycles. The third kappa shape index (κ3) is 5.09. The average Bonchev–Trinajstić information content (AvgIpc) is 3.32. The first-order valence-electron chi connectivity index (χ1n) is 10.8. The number of benzene rings is 2. The van der Waals surface area contributed by atoms with Crippen molar-refractivity contribution in [1.29, 1.82) is 5.26 Å². The third-order valence-corrected chi connectivity index (χ3v) is 6.37. The molecule has 0 radical (unpaired) electrons. The zero-order valence-corrected chi connectivity index (χ0v) is 20.4. The number of ether oxygens (including phenoxy) is 1. The molecule has 2 aromatic carbocycles. The van der Waals surface area contributed by atoms with Crippen molar-refractivity contribution in [2.24, 2.45) is 0 Å². The smallest absolute Gasteiger partial charge is 0.274 e. The van der Waals surface area contributed by atoms with E-state index in [1.165, 1.54) is 16.8 Å². The van der Waals surface area contributed by atoms with Gasteiger partial charge in [0.05, 0.1) is 43.0 Å². The summed E-state index contributed by atoms with van der Waals surface area (Å²) in [6, 6.07) is 16.1. The monoisotopic (exact) mass is 487 g/mol. The Morgan fingerprint density at radius 2 is 1.97 bits per heavy atom. The molecule has 0 saturated carbocycles. The first kappa shape index (κ1) is 24.1. The highest BCUT2D eigenvalue weighted by molar-refractivity contribution is 7.98. The van der Waals surface area contributed by atoms with Gasteiger partial charge in [-0.05, 0) is 49.1 Å². The lowest BCUT2D eigenvalue weighted by Crippen LogP contribution is -2.29. The number of aryl methyl sites for hydroxylation is 1. The van der Waals surface area contributed by atoms with Crippen LogP contribution in [0.4, 0.5) is 11.4 Å². The van der Waals surface area contributed by atoms with Gasteiger partial charge in [-0.25, -0.2) is 4.98 Å². The Bertz CT molecular complexity index is 1440. The predicted octanol–water partition coefficient (Wildman–Crippen LogP) is 4.27. The molecule has 2 aromatic heterocycles. The number of anilines is 2. The molecule has 0 unspecified atom stereocenters. The molecule has 4 aromatic rings. The van der Waals surface area contributed by atoms with Crippen LogP contribution in [-0.4, -0.2) is 39.2 Å². The molecule has 0 fully saturated rings. The number of imidazole rings is 1. The maximum atomic E-state index is 13.4. The summed E-state index contributed by atoms with van der Waals surface area (Å²) < 4.78 is 8.81. The Morgan fingerprint density at radius 1 is 1.20 bits per heavy atom. The normalized spacial score (nSPS) is 11.6. The van der Waals surface area contributed by atoms with Gasteiger partial charge < -0.3 is 24.3 Å². The summed E-state index contributed by atoms with van der Waals surface area (Å²) >= 11 is 1.61. The lowest BCUT2D eigenvalue weighted by Gasteiger charge is -2.20. The van der Waals surface area contributed by atoms with Gasteiger partial charge in [0.1, 0.15) is 17.5 Å². The minimum absolute atomic E-state index is 0.219. The van der Waals surface area contributed by atoms with E-state index in [9.17, 15) is 15.2 Å². The van der Waals surface area contributed by atoms with Crippen LogP contribution in [0.3, 0.4) is 0 Å². The van der Waals surface area contributed by atoms with Crippen molar-refractivity contribution in [2.75, 3.05) is 25.3 Å². The zero-order valence-electron chi connectivity index (χ0n) is 19.6. The van der Waals surface area contributed by atoms with E-state index < -0.39 is 6.04 Å². The van der Waals surface area contributed by atoms with Crippen molar-refractivity contribution in [2.45, 2.75) is 17.9 Å². The molecule has 9 heteroatoms. The topological polar surface area (TPSA) is 105 Å². The summed E-state index contributed by atoms with van der Waals surface area (Å²) in [6.07, 6.45) is 7.05. The van der Waals surface area contributed by atoms with Crippen molar-refractivity contribution in [1.82, 2.24) is 14.1 Å². The highest BCUT2D eigenvalue weighted by Gasteiger charge is 2.18. The van der Waals surface area contributed by atoms with E-state index in [-0.39, 0.29) is 17.9 Å². The van der Waals surface area contributed by atoms with Crippen LogP contribution in [0.25, 0.3) is 5.69 Å². The number of nitriles is 1. The SMILES string of the molecule is COc1cc(Nc2cc(C#N)cn([C@@H](CO)c3ccc(SC)cc3)c2=O)ccc1-n1cnc(C)c1. The second-order valence-corrected chi connectivity index (χ2v) is 8.75. The van der Waals surface area contributed by atoms with Crippen molar-refractivity contribution < 1.29 is 9.84 Å². The zero-order chi connectivity index (χ0) is 24.9. The van der Waals surface area contributed by atoms with Gasteiger partial charge in [-0.2, -0.15) is 5.26 Å². The van der Waals surface area contributed by atoms with Gasteiger partial charge in [0.15, 0.2) is 0 Å². The van der Waals surface area contributed by atoms with E-state index >= 15 is 0 Å². The fourth-order valence-corrected chi connectivity index (χ4v) is 4.25. The van der Waals surface area contributed by atoms with E-state index in [0.29, 0.717) is 17.0 Å². The Balaban J connectivity index is 1.72. The van der Waals surface area contributed by atoms with Crippen LogP contribution in [0.1, 0.15) is 22.9 Å². The van der Waals surface area contributed by atoms with Crippen molar-refractivity contribution in [3.05, 3.63) is 94.4 Å². The molecule has 0 amide bonds. The lowest BCUT2D eigenvalue weighted by molar-refractivity contribution is 0.247. The van der Waals surface area contributed by atoms with Crippen LogP contribution in [0, 0.1) is 18.3 Å². The number of pyridine rings is 1. The van der Waals surface area contributed by atoms with Crippen molar-refractivity contribution in [3.8, 4) is 17.5 Å². The maximum absolute atomic E-state index is 13.4. The van der Waals surface area contributed by atoms with Crippen LogP contribution >= 0.6 is 11.8 Å². The van der Waals surface area contributed by atoms with Gasteiger partial charge >= 0.3 is 0 Å². The molecule has 0 saturated heterocycles. The fourth-order valence-electron chi connectivity index (χ4n) is 3.84. The molecule has 35 heavy (non-hydrogen) atoms. The largest absolute Gasteiger partial charge is 0.494 e. The summed E-state index contributed by atoms with van der Waals surface area (Å²) in [7, 11) is 1.57. The minimum Gasteiger partial charge on any atom is -0.494 e. The van der Waals surface area contributed by atoms with E-state index in [0.717, 1.165) is 21.8 Å². The number of thioether (sulfide) groups is 1. The van der Waals surface area contributed by atoms with Crippen LogP contribution in [0.5, 0.6) is 5.75 Å². The molecule has 178 valence electrons. The summed E-state index contributed by atoms with van der Waals surface area (Å²) in [5.74, 6) is 0.589. The number of aliphatic hydroxyl groups excluding tert-OH is 1. The number of nitrogens with one attached hydrogen (secondary N) is 1. The van der Waals surface area contributed by atoms with E-state index in [1.54, 1.807) is 31.3 Å². The van der Waals surface area contributed by atoms with Crippen LogP contribution in [0.2, 0.25) is 0 Å². The number of hydrogen-bond acceptors (Lipinski definition) is 7. The molecule has 0 aliphatic heterocycles. The summed E-state index contributed by atoms with van der Waals surface area (Å²) in [6.45, 7) is 1.61. The molecule has 1 atom stereocenters. The first-order valence-corrected chi connectivity index (χ1v) is 12.1. The number of aliphatic hydroxyl groups is 1. The quantitative estimate of drug-likeness (QED) is 0.358. The lowest BCUT2D eigenvalue weighted by atomic mass is 10.1. The standard InChI is InChI=1S/C26H25N5O3S/c1-17-13-30(16-28-17)23-9-6-20(11-25(23)34-2)29-22-10-18(12-27)14-31(26(22)33)24(15-32)19-4-7-21(35-3)8-5-19/h4-11,13-14,16,24,29,32H,15H2,1-3H3/t24-/m0/s1. The molecule has 0 bridgehead atoms. The Kier molecular flexibility index (Phi) is 7.25. The maximum Gasteiger partial charge on any atom is 0.274 e. The molecule has 0 spiro atoms. The van der Waals surface area contributed by atoms with Gasteiger partial charge in [0, 0.05) is 29.0 Å².